The van der Waals surface area contributed by atoms with Crippen LogP contribution in [0.3, 0.4) is 0 Å². The van der Waals surface area contributed by atoms with Gasteiger partial charge in [0.2, 0.25) is 10.0 Å². The fraction of sp³-hybridized carbons (Fsp3) is 0.571. The van der Waals surface area contributed by atoms with Crippen LogP contribution in [0.15, 0.2) is 17.0 Å². The van der Waals surface area contributed by atoms with Crippen LogP contribution in [-0.4, -0.2) is 39.4 Å². The normalized spacial score (nSPS) is 18.1. The predicted molar refractivity (Wildman–Crippen MR) is 81.6 cm³/mol. The molecular weight excluding hydrogens is 315 g/mol. The maximum atomic E-state index is 13.4. The Kier molecular flexibility index (Phi) is 5.24. The van der Waals surface area contributed by atoms with Gasteiger partial charge in [0.05, 0.1) is 5.02 Å². The van der Waals surface area contributed by atoms with Gasteiger partial charge in [-0.1, -0.05) is 11.6 Å². The third-order valence-corrected chi connectivity index (χ3v) is 6.26. The Hall–Kier alpha value is -0.690. The average molecular weight is 335 g/mol. The molecule has 1 saturated heterocycles. The summed E-state index contributed by atoms with van der Waals surface area (Å²) in [6.07, 6.45) is 1.63. The van der Waals surface area contributed by atoms with Crippen molar-refractivity contribution in [2.24, 2.45) is 5.92 Å². The third-order valence-electron chi connectivity index (χ3n) is 3.90. The van der Waals surface area contributed by atoms with Crippen molar-refractivity contribution in [3.8, 4) is 0 Å². The summed E-state index contributed by atoms with van der Waals surface area (Å²) in [4.78, 5) is -0.00451. The smallest absolute Gasteiger partial charge is 0.244 e. The van der Waals surface area contributed by atoms with Gasteiger partial charge in [-0.2, -0.15) is 4.31 Å². The van der Waals surface area contributed by atoms with E-state index in [0.717, 1.165) is 25.5 Å². The summed E-state index contributed by atoms with van der Waals surface area (Å²) in [5.74, 6) is -0.00134. The number of rotatable bonds is 4. The molecule has 2 rings (SSSR count). The fourth-order valence-electron chi connectivity index (χ4n) is 2.61. The summed E-state index contributed by atoms with van der Waals surface area (Å²) in [7, 11) is -1.76. The van der Waals surface area contributed by atoms with Crippen LogP contribution in [0.5, 0.6) is 0 Å². The first-order valence-corrected chi connectivity index (χ1v) is 8.78. The van der Waals surface area contributed by atoms with Gasteiger partial charge in [-0.25, -0.2) is 12.8 Å². The van der Waals surface area contributed by atoms with E-state index < -0.39 is 15.8 Å². The standard InChI is InChI=1S/C14H20ClFN2O2S/c1-10-7-14(12(15)8-13(10)16)21(19,20)18-5-3-11(4-6-18)9-17-2/h7-8,11,17H,3-6,9H2,1-2H3. The summed E-state index contributed by atoms with van der Waals surface area (Å²) in [5.41, 5.74) is 0.281. The molecule has 118 valence electrons. The second-order valence-corrected chi connectivity index (χ2v) is 7.75. The molecule has 0 radical (unpaired) electrons. The van der Waals surface area contributed by atoms with Crippen molar-refractivity contribution >= 4 is 21.6 Å². The molecule has 0 unspecified atom stereocenters. The molecular formula is C14H20ClFN2O2S. The molecule has 0 saturated carbocycles. The molecule has 21 heavy (non-hydrogen) atoms. The number of nitrogens with one attached hydrogen (secondary N) is 1. The Bertz CT molecular complexity index is 614. The van der Waals surface area contributed by atoms with E-state index in [0.29, 0.717) is 19.0 Å². The first-order chi connectivity index (χ1) is 9.86. The highest BCUT2D eigenvalue weighted by Crippen LogP contribution is 2.29. The van der Waals surface area contributed by atoms with Crippen molar-refractivity contribution in [2.75, 3.05) is 26.7 Å². The molecule has 1 fully saturated rings. The van der Waals surface area contributed by atoms with Crippen LogP contribution < -0.4 is 5.32 Å². The molecule has 1 aromatic rings. The summed E-state index contributed by atoms with van der Waals surface area (Å²) >= 11 is 5.93. The van der Waals surface area contributed by atoms with Gasteiger partial charge < -0.3 is 5.32 Å². The molecule has 0 bridgehead atoms. The van der Waals surface area contributed by atoms with Crippen molar-refractivity contribution < 1.29 is 12.8 Å². The molecule has 1 aliphatic rings. The van der Waals surface area contributed by atoms with E-state index in [9.17, 15) is 12.8 Å². The number of hydrogen-bond donors (Lipinski definition) is 1. The second-order valence-electron chi connectivity index (χ2n) is 5.44. The SMILES string of the molecule is CNCC1CCN(S(=O)(=O)c2cc(C)c(F)cc2Cl)CC1. The molecule has 0 aromatic heterocycles. The minimum Gasteiger partial charge on any atom is -0.319 e. The lowest BCUT2D eigenvalue weighted by atomic mass is 9.98. The highest BCUT2D eigenvalue weighted by Gasteiger charge is 2.31. The number of piperidine rings is 1. The molecule has 1 N–H and O–H groups in total. The molecule has 1 aromatic carbocycles. The second kappa shape index (κ2) is 6.60. The molecule has 4 nitrogen and oxygen atoms in total. The Balaban J connectivity index is 2.22. The number of hydrogen-bond acceptors (Lipinski definition) is 3. The van der Waals surface area contributed by atoms with E-state index in [4.69, 9.17) is 11.6 Å². The first-order valence-electron chi connectivity index (χ1n) is 6.96. The zero-order valence-corrected chi connectivity index (χ0v) is 13.8. The van der Waals surface area contributed by atoms with E-state index >= 15 is 0 Å². The predicted octanol–water partition coefficient (Wildman–Crippen LogP) is 2.41. The topological polar surface area (TPSA) is 49.4 Å². The van der Waals surface area contributed by atoms with E-state index in [1.54, 1.807) is 0 Å². The van der Waals surface area contributed by atoms with Gasteiger partial charge in [-0.3, -0.25) is 0 Å². The van der Waals surface area contributed by atoms with Crippen LogP contribution in [0.25, 0.3) is 0 Å². The van der Waals surface area contributed by atoms with Crippen LogP contribution in [0.1, 0.15) is 18.4 Å². The van der Waals surface area contributed by atoms with E-state index in [1.807, 2.05) is 7.05 Å². The molecule has 0 spiro atoms. The summed E-state index contributed by atoms with van der Waals surface area (Å²) in [6, 6.07) is 2.38. The van der Waals surface area contributed by atoms with Crippen molar-refractivity contribution in [3.63, 3.8) is 0 Å². The molecule has 1 aliphatic heterocycles. The van der Waals surface area contributed by atoms with Crippen LogP contribution in [0, 0.1) is 18.7 Å². The number of sulfonamides is 1. The molecule has 0 atom stereocenters. The molecule has 0 aliphatic carbocycles. The number of aryl methyl sites for hydroxylation is 1. The highest BCUT2D eigenvalue weighted by molar-refractivity contribution is 7.89. The van der Waals surface area contributed by atoms with Crippen molar-refractivity contribution in [2.45, 2.75) is 24.7 Å². The first kappa shape index (κ1) is 16.7. The summed E-state index contributed by atoms with van der Waals surface area (Å²) in [5, 5.41) is 3.05. The van der Waals surface area contributed by atoms with Crippen LogP contribution in [0.2, 0.25) is 5.02 Å². The molecule has 0 amide bonds. The van der Waals surface area contributed by atoms with Gasteiger partial charge in [0.1, 0.15) is 10.7 Å². The summed E-state index contributed by atoms with van der Waals surface area (Å²) < 4.78 is 40.1. The van der Waals surface area contributed by atoms with Crippen molar-refractivity contribution in [3.05, 3.63) is 28.5 Å². The van der Waals surface area contributed by atoms with Crippen LogP contribution in [-0.2, 0) is 10.0 Å². The third kappa shape index (κ3) is 3.56. The van der Waals surface area contributed by atoms with Crippen molar-refractivity contribution in [1.82, 2.24) is 9.62 Å². The summed E-state index contributed by atoms with van der Waals surface area (Å²) in [6.45, 7) is 3.37. The van der Waals surface area contributed by atoms with E-state index in [-0.39, 0.29) is 15.5 Å². The zero-order chi connectivity index (χ0) is 15.6. The lowest BCUT2D eigenvalue weighted by molar-refractivity contribution is 0.270. The number of benzene rings is 1. The maximum Gasteiger partial charge on any atom is 0.244 e. The Morgan fingerprint density at radius 1 is 1.38 bits per heavy atom. The maximum absolute atomic E-state index is 13.4. The Labute approximate surface area is 130 Å². The van der Waals surface area contributed by atoms with E-state index in [2.05, 4.69) is 5.32 Å². The van der Waals surface area contributed by atoms with Gasteiger partial charge >= 0.3 is 0 Å². The van der Waals surface area contributed by atoms with E-state index in [1.165, 1.54) is 17.3 Å². The minimum absolute atomic E-state index is 0.00451. The Morgan fingerprint density at radius 3 is 2.57 bits per heavy atom. The molecule has 7 heteroatoms. The van der Waals surface area contributed by atoms with Gasteiger partial charge in [-0.15, -0.1) is 0 Å². The van der Waals surface area contributed by atoms with Gasteiger partial charge in [0, 0.05) is 13.1 Å². The van der Waals surface area contributed by atoms with Crippen LogP contribution in [0.4, 0.5) is 4.39 Å². The number of halogens is 2. The minimum atomic E-state index is -3.66. The van der Waals surface area contributed by atoms with Crippen molar-refractivity contribution in [1.29, 1.82) is 0 Å². The molecule has 1 heterocycles. The fourth-order valence-corrected chi connectivity index (χ4v) is 4.65. The van der Waals surface area contributed by atoms with Crippen LogP contribution >= 0.6 is 11.6 Å². The lowest BCUT2D eigenvalue weighted by Crippen LogP contribution is -2.40. The Morgan fingerprint density at radius 2 is 2.00 bits per heavy atom. The lowest BCUT2D eigenvalue weighted by Gasteiger charge is -2.31. The van der Waals surface area contributed by atoms with Gasteiger partial charge in [0.25, 0.3) is 0 Å². The highest BCUT2D eigenvalue weighted by atomic mass is 35.5. The quantitative estimate of drug-likeness (QED) is 0.920. The van der Waals surface area contributed by atoms with Gasteiger partial charge in [-0.05, 0) is 57.0 Å². The monoisotopic (exact) mass is 334 g/mol. The average Bonchev–Trinajstić information content (AvgIpc) is 2.43. The number of nitrogens with zero attached hydrogens (tertiary/aromatic N) is 1. The largest absolute Gasteiger partial charge is 0.319 e. The van der Waals surface area contributed by atoms with Gasteiger partial charge in [0.15, 0.2) is 0 Å². The zero-order valence-electron chi connectivity index (χ0n) is 12.2.